The van der Waals surface area contributed by atoms with Gasteiger partial charge in [0.25, 0.3) is 0 Å². The van der Waals surface area contributed by atoms with Crippen LogP contribution in [0.3, 0.4) is 0 Å². The minimum Gasteiger partial charge on any atom is -0.468 e. The summed E-state index contributed by atoms with van der Waals surface area (Å²) < 4.78 is 4.83. The van der Waals surface area contributed by atoms with Crippen molar-refractivity contribution in [3.05, 3.63) is 0 Å². The third-order valence-corrected chi connectivity index (χ3v) is 4.76. The van der Waals surface area contributed by atoms with Gasteiger partial charge < -0.3 is 15.4 Å². The molecule has 2 rings (SSSR count). The van der Waals surface area contributed by atoms with E-state index in [1.165, 1.54) is 39.5 Å². The standard InChI is InChI=1S/C14H26N2O2/c1-3-11-5-4-8-16(10-11)12-6-7-14(15,9-12)13(17)18-2/h11-12H,3-10,15H2,1-2H3. The van der Waals surface area contributed by atoms with Gasteiger partial charge in [-0.05, 0) is 44.6 Å². The largest absolute Gasteiger partial charge is 0.468 e. The van der Waals surface area contributed by atoms with Gasteiger partial charge in [-0.3, -0.25) is 4.79 Å². The molecule has 0 aromatic rings. The van der Waals surface area contributed by atoms with E-state index >= 15 is 0 Å². The number of hydrogen-bond donors (Lipinski definition) is 1. The first kappa shape index (κ1) is 13.8. The van der Waals surface area contributed by atoms with E-state index in [0.29, 0.717) is 6.04 Å². The van der Waals surface area contributed by atoms with E-state index in [4.69, 9.17) is 10.5 Å². The summed E-state index contributed by atoms with van der Waals surface area (Å²) in [5, 5.41) is 0. The van der Waals surface area contributed by atoms with Crippen molar-refractivity contribution >= 4 is 5.97 Å². The van der Waals surface area contributed by atoms with Crippen LogP contribution < -0.4 is 5.73 Å². The molecule has 3 unspecified atom stereocenters. The number of likely N-dealkylation sites (tertiary alicyclic amines) is 1. The van der Waals surface area contributed by atoms with Crippen molar-refractivity contribution in [2.24, 2.45) is 11.7 Å². The van der Waals surface area contributed by atoms with Crippen LogP contribution in [0.25, 0.3) is 0 Å². The molecule has 0 radical (unpaired) electrons. The maximum atomic E-state index is 11.7. The molecule has 1 heterocycles. The zero-order chi connectivity index (χ0) is 13.2. The third kappa shape index (κ3) is 2.69. The SMILES string of the molecule is CCC1CCCN(C2CCC(N)(C(=O)OC)C2)C1. The molecule has 2 N–H and O–H groups in total. The number of piperidine rings is 1. The lowest BCUT2D eigenvalue weighted by Gasteiger charge is -2.37. The Morgan fingerprint density at radius 2 is 2.28 bits per heavy atom. The van der Waals surface area contributed by atoms with E-state index in [1.807, 2.05) is 0 Å². The van der Waals surface area contributed by atoms with Gasteiger partial charge in [-0.1, -0.05) is 13.3 Å². The van der Waals surface area contributed by atoms with Crippen molar-refractivity contribution in [1.29, 1.82) is 0 Å². The second kappa shape index (κ2) is 5.57. The first-order chi connectivity index (χ1) is 8.59. The maximum absolute atomic E-state index is 11.7. The Bertz CT molecular complexity index is 308. The van der Waals surface area contributed by atoms with Crippen LogP contribution in [0.4, 0.5) is 0 Å². The van der Waals surface area contributed by atoms with Gasteiger partial charge in [0.05, 0.1) is 7.11 Å². The summed E-state index contributed by atoms with van der Waals surface area (Å²) >= 11 is 0. The molecule has 104 valence electrons. The second-order valence-corrected chi connectivity index (χ2v) is 5.96. The van der Waals surface area contributed by atoms with Gasteiger partial charge in [0, 0.05) is 12.6 Å². The average molecular weight is 254 g/mol. The molecule has 4 nitrogen and oxygen atoms in total. The van der Waals surface area contributed by atoms with Crippen LogP contribution in [-0.2, 0) is 9.53 Å². The topological polar surface area (TPSA) is 55.6 Å². The molecular formula is C14H26N2O2. The number of esters is 1. The number of nitrogens with zero attached hydrogens (tertiary/aromatic N) is 1. The van der Waals surface area contributed by atoms with Crippen molar-refractivity contribution in [3.63, 3.8) is 0 Å². The summed E-state index contributed by atoms with van der Waals surface area (Å²) in [6, 6.07) is 0.475. The molecule has 0 aromatic heterocycles. The molecule has 1 aliphatic carbocycles. The molecule has 18 heavy (non-hydrogen) atoms. The van der Waals surface area contributed by atoms with Crippen LogP contribution in [0, 0.1) is 5.92 Å². The fourth-order valence-corrected chi connectivity index (χ4v) is 3.51. The summed E-state index contributed by atoms with van der Waals surface area (Å²) in [5.74, 6) is 0.582. The third-order valence-electron chi connectivity index (χ3n) is 4.76. The molecule has 1 saturated heterocycles. The van der Waals surface area contributed by atoms with Gasteiger partial charge in [-0.15, -0.1) is 0 Å². The molecular weight excluding hydrogens is 228 g/mol. The smallest absolute Gasteiger partial charge is 0.325 e. The van der Waals surface area contributed by atoms with Gasteiger partial charge in [0.2, 0.25) is 0 Å². The predicted molar refractivity (Wildman–Crippen MR) is 71.2 cm³/mol. The normalized spacial score (nSPS) is 37.7. The van der Waals surface area contributed by atoms with Gasteiger partial charge in [0.1, 0.15) is 5.54 Å². The summed E-state index contributed by atoms with van der Waals surface area (Å²) in [6.07, 6.45) is 6.44. The fraction of sp³-hybridized carbons (Fsp3) is 0.929. The van der Waals surface area contributed by atoms with Gasteiger partial charge in [0.15, 0.2) is 0 Å². The number of nitrogens with two attached hydrogens (primary N) is 1. The van der Waals surface area contributed by atoms with Gasteiger partial charge in [-0.2, -0.15) is 0 Å². The molecule has 1 saturated carbocycles. The van der Waals surface area contributed by atoms with Gasteiger partial charge in [-0.25, -0.2) is 0 Å². The molecule has 0 bridgehead atoms. The molecule has 2 aliphatic rings. The molecule has 4 heteroatoms. The van der Waals surface area contributed by atoms with Crippen LogP contribution in [0.5, 0.6) is 0 Å². The number of carbonyl (C=O) groups is 1. The number of rotatable bonds is 3. The molecule has 1 aliphatic heterocycles. The summed E-state index contributed by atoms with van der Waals surface area (Å²) in [6.45, 7) is 4.61. The molecule has 0 spiro atoms. The van der Waals surface area contributed by atoms with Gasteiger partial charge >= 0.3 is 5.97 Å². The highest BCUT2D eigenvalue weighted by Gasteiger charge is 2.45. The lowest BCUT2D eigenvalue weighted by molar-refractivity contribution is -0.147. The second-order valence-electron chi connectivity index (χ2n) is 5.96. The summed E-state index contributed by atoms with van der Waals surface area (Å²) in [7, 11) is 1.43. The lowest BCUT2D eigenvalue weighted by Crippen LogP contribution is -2.49. The number of methoxy groups -OCH3 is 1. The van der Waals surface area contributed by atoms with Crippen LogP contribution in [0.1, 0.15) is 45.4 Å². The quantitative estimate of drug-likeness (QED) is 0.776. The first-order valence-corrected chi connectivity index (χ1v) is 7.20. The van der Waals surface area contributed by atoms with E-state index < -0.39 is 5.54 Å². The van der Waals surface area contributed by atoms with Crippen LogP contribution in [-0.4, -0.2) is 42.6 Å². The van der Waals surface area contributed by atoms with E-state index in [-0.39, 0.29) is 5.97 Å². The first-order valence-electron chi connectivity index (χ1n) is 7.20. The zero-order valence-electron chi connectivity index (χ0n) is 11.7. The van der Waals surface area contributed by atoms with E-state index in [1.54, 1.807) is 0 Å². The molecule has 3 atom stereocenters. The van der Waals surface area contributed by atoms with Crippen molar-refractivity contribution in [2.45, 2.75) is 57.0 Å². The number of hydrogen-bond acceptors (Lipinski definition) is 4. The Hall–Kier alpha value is -0.610. The highest BCUT2D eigenvalue weighted by molar-refractivity contribution is 5.81. The average Bonchev–Trinajstić information content (AvgIpc) is 2.82. The van der Waals surface area contributed by atoms with Crippen molar-refractivity contribution < 1.29 is 9.53 Å². The highest BCUT2D eigenvalue weighted by Crippen LogP contribution is 2.34. The predicted octanol–water partition coefficient (Wildman–Crippen LogP) is 1.53. The van der Waals surface area contributed by atoms with Crippen molar-refractivity contribution in [1.82, 2.24) is 4.90 Å². The number of carbonyl (C=O) groups excluding carboxylic acids is 1. The molecule has 0 amide bonds. The Balaban J connectivity index is 1.94. The Morgan fingerprint density at radius 1 is 1.50 bits per heavy atom. The molecule has 2 fully saturated rings. The molecule has 0 aromatic carbocycles. The fourth-order valence-electron chi connectivity index (χ4n) is 3.51. The van der Waals surface area contributed by atoms with E-state index in [9.17, 15) is 4.79 Å². The monoisotopic (exact) mass is 254 g/mol. The summed E-state index contributed by atoms with van der Waals surface area (Å²) in [5.41, 5.74) is 5.44. The minimum absolute atomic E-state index is 0.242. The van der Waals surface area contributed by atoms with Crippen molar-refractivity contribution in [3.8, 4) is 0 Å². The van der Waals surface area contributed by atoms with Crippen LogP contribution in [0.15, 0.2) is 0 Å². The minimum atomic E-state index is -0.738. The van der Waals surface area contributed by atoms with Crippen molar-refractivity contribution in [2.75, 3.05) is 20.2 Å². The maximum Gasteiger partial charge on any atom is 0.325 e. The lowest BCUT2D eigenvalue weighted by atomic mass is 9.93. The Labute approximate surface area is 110 Å². The Morgan fingerprint density at radius 3 is 2.94 bits per heavy atom. The zero-order valence-corrected chi connectivity index (χ0v) is 11.7. The highest BCUT2D eigenvalue weighted by atomic mass is 16.5. The summed E-state index contributed by atoms with van der Waals surface area (Å²) in [4.78, 5) is 14.3. The van der Waals surface area contributed by atoms with Crippen LogP contribution >= 0.6 is 0 Å². The van der Waals surface area contributed by atoms with E-state index in [2.05, 4.69) is 11.8 Å². The number of ether oxygens (including phenoxy) is 1. The Kier molecular flexibility index (Phi) is 4.28. The van der Waals surface area contributed by atoms with Crippen LogP contribution in [0.2, 0.25) is 0 Å². The van der Waals surface area contributed by atoms with E-state index in [0.717, 1.165) is 25.2 Å².